The average molecular weight is 411 g/mol. The van der Waals surface area contributed by atoms with Crippen molar-refractivity contribution in [3.63, 3.8) is 0 Å². The van der Waals surface area contributed by atoms with Crippen LogP contribution >= 0.6 is 11.3 Å². The van der Waals surface area contributed by atoms with Gasteiger partial charge in [0.1, 0.15) is 0 Å². The van der Waals surface area contributed by atoms with Gasteiger partial charge in [0.25, 0.3) is 0 Å². The van der Waals surface area contributed by atoms with Crippen LogP contribution in [0.5, 0.6) is 0 Å². The number of nitrogens with one attached hydrogen (secondary N) is 1. The Kier molecular flexibility index (Phi) is 6.01. The number of fused-ring (bicyclic) bond motifs is 3. The van der Waals surface area contributed by atoms with Crippen LogP contribution < -0.4 is 10.2 Å². The quantitative estimate of drug-likeness (QED) is 0.319. The normalized spacial score (nSPS) is 10.5. The molecule has 0 radical (unpaired) electrons. The number of hydrogen-bond acceptors (Lipinski definition) is 3. The number of para-hydroxylation sites is 2. The molecule has 4 aromatic carbocycles. The topological polar surface area (TPSA) is 15.3 Å². The monoisotopic (exact) mass is 410 g/mol. The molecule has 0 saturated heterocycles. The fourth-order valence-corrected chi connectivity index (χ4v) is 4.78. The van der Waals surface area contributed by atoms with Crippen LogP contribution in [0.2, 0.25) is 0 Å². The molecule has 2 nitrogen and oxygen atoms in total. The van der Waals surface area contributed by atoms with Gasteiger partial charge in [-0.05, 0) is 54.6 Å². The minimum Gasteiger partial charge on any atom is -0.388 e. The lowest BCUT2D eigenvalue weighted by molar-refractivity contribution is 1.29. The van der Waals surface area contributed by atoms with Gasteiger partial charge in [-0.1, -0.05) is 56.3 Å². The number of hydrogen-bond donors (Lipinski definition) is 1. The van der Waals surface area contributed by atoms with E-state index in [2.05, 4.69) is 107 Å². The van der Waals surface area contributed by atoms with Gasteiger partial charge in [0.2, 0.25) is 0 Å². The maximum absolute atomic E-state index is 3.24. The second-order valence-corrected chi connectivity index (χ2v) is 7.83. The highest BCUT2D eigenvalue weighted by Crippen LogP contribution is 2.40. The van der Waals surface area contributed by atoms with Crippen LogP contribution in [0.3, 0.4) is 0 Å². The molecular formula is C27H26N2S. The Hall–Kier alpha value is -3.30. The van der Waals surface area contributed by atoms with Gasteiger partial charge in [0.15, 0.2) is 0 Å². The van der Waals surface area contributed by atoms with Crippen LogP contribution in [0, 0.1) is 0 Å². The van der Waals surface area contributed by atoms with E-state index in [4.69, 9.17) is 0 Å². The lowest BCUT2D eigenvalue weighted by Gasteiger charge is -2.25. The maximum Gasteiger partial charge on any atom is 0.0476 e. The van der Waals surface area contributed by atoms with Gasteiger partial charge < -0.3 is 10.2 Å². The number of nitrogens with zero attached hydrogens (tertiary/aromatic N) is 1. The van der Waals surface area contributed by atoms with Crippen LogP contribution in [0.15, 0.2) is 97.1 Å². The highest BCUT2D eigenvalue weighted by Gasteiger charge is 2.14. The van der Waals surface area contributed by atoms with Crippen LogP contribution in [0.25, 0.3) is 20.2 Å². The van der Waals surface area contributed by atoms with E-state index in [1.165, 1.54) is 25.9 Å². The third-order valence-electron chi connectivity index (χ3n) is 5.03. The van der Waals surface area contributed by atoms with E-state index in [0.29, 0.717) is 0 Å². The molecule has 1 N–H and O–H groups in total. The number of rotatable bonds is 4. The lowest BCUT2D eigenvalue weighted by Crippen LogP contribution is -2.09. The molecule has 0 aliphatic heterocycles. The van der Waals surface area contributed by atoms with Gasteiger partial charge in [-0.25, -0.2) is 0 Å². The van der Waals surface area contributed by atoms with Crippen molar-refractivity contribution in [3.05, 3.63) is 97.1 Å². The summed E-state index contributed by atoms with van der Waals surface area (Å²) < 4.78 is 2.62. The smallest absolute Gasteiger partial charge is 0.0476 e. The predicted octanol–water partition coefficient (Wildman–Crippen LogP) is 8.59. The molecule has 5 rings (SSSR count). The zero-order valence-corrected chi connectivity index (χ0v) is 18.4. The summed E-state index contributed by atoms with van der Waals surface area (Å²) in [7, 11) is 1.96. The van der Waals surface area contributed by atoms with Gasteiger partial charge in [0, 0.05) is 50.0 Å². The zero-order chi connectivity index (χ0) is 20.9. The molecule has 5 aromatic rings. The average Bonchev–Trinajstić information content (AvgIpc) is 3.19. The van der Waals surface area contributed by atoms with Gasteiger partial charge >= 0.3 is 0 Å². The summed E-state index contributed by atoms with van der Waals surface area (Å²) in [4.78, 5) is 2.31. The van der Waals surface area contributed by atoms with Crippen LogP contribution in [0.1, 0.15) is 13.8 Å². The van der Waals surface area contributed by atoms with Crippen LogP contribution in [-0.4, -0.2) is 7.05 Å². The molecule has 0 spiro atoms. The van der Waals surface area contributed by atoms with Gasteiger partial charge in [-0.15, -0.1) is 11.3 Å². The van der Waals surface area contributed by atoms with Crippen molar-refractivity contribution in [2.75, 3.05) is 17.3 Å². The van der Waals surface area contributed by atoms with Crippen molar-refractivity contribution >= 4 is 54.3 Å². The van der Waals surface area contributed by atoms with Gasteiger partial charge in [-0.2, -0.15) is 0 Å². The van der Waals surface area contributed by atoms with Crippen molar-refractivity contribution in [2.24, 2.45) is 0 Å². The van der Waals surface area contributed by atoms with E-state index in [-0.39, 0.29) is 0 Å². The summed E-state index contributed by atoms with van der Waals surface area (Å²) in [5, 5.41) is 5.86. The van der Waals surface area contributed by atoms with Crippen molar-refractivity contribution in [1.82, 2.24) is 0 Å². The molecule has 0 aliphatic rings. The Labute approximate surface area is 182 Å². The Balaban J connectivity index is 0.00000106. The first kappa shape index (κ1) is 20.0. The molecule has 0 fully saturated rings. The maximum atomic E-state index is 3.24. The van der Waals surface area contributed by atoms with E-state index in [0.717, 1.165) is 17.1 Å². The van der Waals surface area contributed by atoms with E-state index in [1.807, 2.05) is 32.2 Å². The van der Waals surface area contributed by atoms with E-state index in [1.54, 1.807) is 0 Å². The third-order valence-corrected chi connectivity index (χ3v) is 6.16. The molecule has 0 atom stereocenters. The van der Waals surface area contributed by atoms with Crippen LogP contribution in [0.4, 0.5) is 22.7 Å². The minimum atomic E-state index is 1.14. The highest BCUT2D eigenvalue weighted by molar-refractivity contribution is 7.25. The van der Waals surface area contributed by atoms with Gasteiger partial charge in [-0.3, -0.25) is 0 Å². The minimum absolute atomic E-state index is 1.14. The van der Waals surface area contributed by atoms with Crippen molar-refractivity contribution in [2.45, 2.75) is 13.8 Å². The Bertz CT molecular complexity index is 1200. The molecule has 0 unspecified atom stereocenters. The Morgan fingerprint density at radius 1 is 0.600 bits per heavy atom. The Morgan fingerprint density at radius 2 is 1.23 bits per heavy atom. The number of thiophene rings is 1. The summed E-state index contributed by atoms with van der Waals surface area (Å²) in [6.07, 6.45) is 0. The molecule has 150 valence electrons. The first-order valence-corrected chi connectivity index (χ1v) is 11.2. The summed E-state index contributed by atoms with van der Waals surface area (Å²) in [5.41, 5.74) is 4.63. The predicted molar refractivity (Wildman–Crippen MR) is 135 cm³/mol. The standard InChI is InChI=1S/C25H20N2S.C2H6/c1-26-18-12-15-24-23(16-18)22-14-13-21(17-25(22)28-24)27(19-8-4-2-5-9-19)20-10-6-3-7-11-20;1-2/h2-17,26H,1H3;1-2H3. The summed E-state index contributed by atoms with van der Waals surface area (Å²) >= 11 is 1.85. The molecule has 0 saturated carbocycles. The molecule has 1 heterocycles. The molecule has 0 aliphatic carbocycles. The summed E-state index contributed by atoms with van der Waals surface area (Å²) in [6, 6.07) is 34.4. The largest absolute Gasteiger partial charge is 0.388 e. The lowest BCUT2D eigenvalue weighted by atomic mass is 10.1. The summed E-state index contributed by atoms with van der Waals surface area (Å²) in [6.45, 7) is 4.00. The molecule has 30 heavy (non-hydrogen) atoms. The third kappa shape index (κ3) is 3.77. The van der Waals surface area contributed by atoms with Crippen molar-refractivity contribution in [3.8, 4) is 0 Å². The first-order valence-electron chi connectivity index (χ1n) is 10.4. The van der Waals surface area contributed by atoms with E-state index < -0.39 is 0 Å². The van der Waals surface area contributed by atoms with Gasteiger partial charge in [0.05, 0.1) is 0 Å². The molecule has 0 bridgehead atoms. The second kappa shape index (κ2) is 9.02. The Morgan fingerprint density at radius 3 is 1.83 bits per heavy atom. The van der Waals surface area contributed by atoms with Crippen LogP contribution in [-0.2, 0) is 0 Å². The zero-order valence-electron chi connectivity index (χ0n) is 17.6. The van der Waals surface area contributed by atoms with Crippen molar-refractivity contribution in [1.29, 1.82) is 0 Å². The van der Waals surface area contributed by atoms with Crippen molar-refractivity contribution < 1.29 is 0 Å². The first-order chi connectivity index (χ1) is 14.8. The summed E-state index contributed by atoms with van der Waals surface area (Å²) in [5.74, 6) is 0. The fraction of sp³-hybridized carbons (Fsp3) is 0.111. The second-order valence-electron chi connectivity index (χ2n) is 6.75. The van der Waals surface area contributed by atoms with E-state index >= 15 is 0 Å². The number of benzene rings is 4. The molecular weight excluding hydrogens is 384 g/mol. The highest BCUT2D eigenvalue weighted by atomic mass is 32.1. The molecule has 0 amide bonds. The molecule has 3 heteroatoms. The SMILES string of the molecule is CC.CNc1ccc2sc3cc(N(c4ccccc4)c4ccccc4)ccc3c2c1. The van der Waals surface area contributed by atoms with E-state index in [9.17, 15) is 0 Å². The fourth-order valence-electron chi connectivity index (χ4n) is 3.66. The number of anilines is 4. The molecule has 1 aromatic heterocycles.